The van der Waals surface area contributed by atoms with E-state index in [1.165, 1.54) is 38.1 Å². The molecule has 2 rings (SSSR count). The number of hydrogen-bond donors (Lipinski definition) is 1. The number of hydrogen-bond acceptors (Lipinski definition) is 3. The molecule has 18 heavy (non-hydrogen) atoms. The number of aromatic nitrogens is 2. The van der Waals surface area contributed by atoms with Crippen LogP contribution in [0.4, 0.5) is 0 Å². The number of carbonyl (C=O) groups is 1. The Morgan fingerprint density at radius 2 is 2.28 bits per heavy atom. The zero-order valence-corrected chi connectivity index (χ0v) is 11.3. The van der Waals surface area contributed by atoms with Crippen molar-refractivity contribution in [3.8, 4) is 0 Å². The molecule has 1 N–H and O–H groups in total. The Morgan fingerprint density at radius 1 is 1.44 bits per heavy atom. The molecule has 0 aromatic carbocycles. The number of halogens is 1. The summed E-state index contributed by atoms with van der Waals surface area (Å²) >= 11 is 5.63. The number of nitrogens with one attached hydrogen (secondary N) is 1. The SMILES string of the molecule is CC1CCCC(CNC(=O)c2cnc(Cl)cn2)C1. The van der Waals surface area contributed by atoms with Gasteiger partial charge in [-0.3, -0.25) is 4.79 Å². The molecule has 1 aromatic rings. The van der Waals surface area contributed by atoms with Crippen LogP contribution < -0.4 is 5.32 Å². The van der Waals surface area contributed by atoms with Gasteiger partial charge in [-0.1, -0.05) is 31.4 Å². The van der Waals surface area contributed by atoms with Crippen molar-refractivity contribution >= 4 is 17.5 Å². The van der Waals surface area contributed by atoms with Crippen LogP contribution in [0.15, 0.2) is 12.4 Å². The third-order valence-corrected chi connectivity index (χ3v) is 3.64. The fourth-order valence-electron chi connectivity index (χ4n) is 2.50. The zero-order chi connectivity index (χ0) is 13.0. The van der Waals surface area contributed by atoms with Gasteiger partial charge in [-0.2, -0.15) is 0 Å². The third kappa shape index (κ3) is 3.67. The Bertz CT molecular complexity index is 407. The van der Waals surface area contributed by atoms with Crippen LogP contribution in [0.2, 0.25) is 5.15 Å². The molecule has 1 heterocycles. The molecule has 1 amide bonds. The second-order valence-corrected chi connectivity index (χ2v) is 5.46. The van der Waals surface area contributed by atoms with Crippen molar-refractivity contribution in [2.24, 2.45) is 11.8 Å². The molecule has 1 aromatic heterocycles. The van der Waals surface area contributed by atoms with Crippen molar-refractivity contribution < 1.29 is 4.79 Å². The lowest BCUT2D eigenvalue weighted by molar-refractivity contribution is 0.0935. The summed E-state index contributed by atoms with van der Waals surface area (Å²) in [4.78, 5) is 19.6. The Kier molecular flexibility index (Phi) is 4.53. The van der Waals surface area contributed by atoms with Gasteiger partial charge in [0.25, 0.3) is 5.91 Å². The molecule has 0 saturated heterocycles. The van der Waals surface area contributed by atoms with E-state index in [4.69, 9.17) is 11.6 Å². The summed E-state index contributed by atoms with van der Waals surface area (Å²) in [5.41, 5.74) is 0.322. The van der Waals surface area contributed by atoms with Gasteiger partial charge in [0.05, 0.1) is 12.4 Å². The highest BCUT2D eigenvalue weighted by Crippen LogP contribution is 2.27. The molecule has 0 spiro atoms. The molecule has 5 heteroatoms. The Hall–Kier alpha value is -1.16. The molecular weight excluding hydrogens is 250 g/mol. The van der Waals surface area contributed by atoms with E-state index in [0.717, 1.165) is 12.5 Å². The fraction of sp³-hybridized carbons (Fsp3) is 0.615. The lowest BCUT2D eigenvalue weighted by atomic mass is 9.82. The summed E-state index contributed by atoms with van der Waals surface area (Å²) in [6.45, 7) is 3.01. The molecule has 4 nitrogen and oxygen atoms in total. The second kappa shape index (κ2) is 6.14. The van der Waals surface area contributed by atoms with Crippen LogP contribution in [0.1, 0.15) is 43.1 Å². The van der Waals surface area contributed by atoms with E-state index in [1.54, 1.807) is 0 Å². The largest absolute Gasteiger partial charge is 0.350 e. The average Bonchev–Trinajstić information content (AvgIpc) is 2.37. The van der Waals surface area contributed by atoms with E-state index >= 15 is 0 Å². The summed E-state index contributed by atoms with van der Waals surface area (Å²) in [5, 5.41) is 3.22. The molecule has 1 aliphatic carbocycles. The quantitative estimate of drug-likeness (QED) is 0.916. The minimum Gasteiger partial charge on any atom is -0.350 e. The number of amides is 1. The maximum atomic E-state index is 11.8. The lowest BCUT2D eigenvalue weighted by Crippen LogP contribution is -2.32. The van der Waals surface area contributed by atoms with Gasteiger partial charge >= 0.3 is 0 Å². The number of nitrogens with zero attached hydrogens (tertiary/aromatic N) is 2. The Labute approximate surface area is 112 Å². The first-order valence-electron chi connectivity index (χ1n) is 6.41. The van der Waals surface area contributed by atoms with E-state index in [-0.39, 0.29) is 5.91 Å². The molecular formula is C13H18ClN3O. The highest BCUT2D eigenvalue weighted by Gasteiger charge is 2.19. The van der Waals surface area contributed by atoms with Gasteiger partial charge in [-0.15, -0.1) is 0 Å². The Balaban J connectivity index is 1.82. The first-order valence-corrected chi connectivity index (χ1v) is 6.78. The minimum absolute atomic E-state index is 0.169. The Morgan fingerprint density at radius 3 is 2.94 bits per heavy atom. The standard InChI is InChI=1S/C13H18ClN3O/c1-9-3-2-4-10(5-9)6-17-13(18)11-7-16-12(14)8-15-11/h7-10H,2-6H2,1H3,(H,17,18). The van der Waals surface area contributed by atoms with Crippen molar-refractivity contribution in [3.05, 3.63) is 23.2 Å². The van der Waals surface area contributed by atoms with Gasteiger partial charge in [0, 0.05) is 6.54 Å². The summed E-state index contributed by atoms with van der Waals surface area (Å²) in [7, 11) is 0. The number of carbonyl (C=O) groups excluding carboxylic acids is 1. The molecule has 0 bridgehead atoms. The van der Waals surface area contributed by atoms with Crippen LogP contribution >= 0.6 is 11.6 Å². The van der Waals surface area contributed by atoms with Gasteiger partial charge in [0.15, 0.2) is 0 Å². The van der Waals surface area contributed by atoms with Crippen molar-refractivity contribution in [1.82, 2.24) is 15.3 Å². The van der Waals surface area contributed by atoms with Crippen LogP contribution in [0.25, 0.3) is 0 Å². The van der Waals surface area contributed by atoms with Crippen molar-refractivity contribution in [3.63, 3.8) is 0 Å². The van der Waals surface area contributed by atoms with Crippen LogP contribution in [0, 0.1) is 11.8 Å². The van der Waals surface area contributed by atoms with Crippen LogP contribution in [0.5, 0.6) is 0 Å². The van der Waals surface area contributed by atoms with Gasteiger partial charge < -0.3 is 5.32 Å². The minimum atomic E-state index is -0.169. The molecule has 2 atom stereocenters. The van der Waals surface area contributed by atoms with E-state index in [2.05, 4.69) is 22.2 Å². The molecule has 2 unspecified atom stereocenters. The van der Waals surface area contributed by atoms with Gasteiger partial charge in [-0.25, -0.2) is 9.97 Å². The molecule has 1 fully saturated rings. The lowest BCUT2D eigenvalue weighted by Gasteiger charge is -2.26. The zero-order valence-electron chi connectivity index (χ0n) is 10.5. The maximum absolute atomic E-state index is 11.8. The predicted octanol–water partition coefficient (Wildman–Crippen LogP) is 2.69. The molecule has 0 radical (unpaired) electrons. The highest BCUT2D eigenvalue weighted by atomic mass is 35.5. The smallest absolute Gasteiger partial charge is 0.271 e. The summed E-state index contributed by atoms with van der Waals surface area (Å²) in [6, 6.07) is 0. The normalized spacial score (nSPS) is 23.7. The maximum Gasteiger partial charge on any atom is 0.271 e. The molecule has 0 aliphatic heterocycles. The summed E-state index contributed by atoms with van der Waals surface area (Å²) in [5.74, 6) is 1.20. The molecule has 1 aliphatic rings. The van der Waals surface area contributed by atoms with Gasteiger partial charge in [0.1, 0.15) is 10.8 Å². The first-order chi connectivity index (χ1) is 8.65. The summed E-state index contributed by atoms with van der Waals surface area (Å²) < 4.78 is 0. The van der Waals surface area contributed by atoms with Crippen molar-refractivity contribution in [2.45, 2.75) is 32.6 Å². The van der Waals surface area contributed by atoms with Crippen LogP contribution in [-0.4, -0.2) is 22.4 Å². The fourth-order valence-corrected chi connectivity index (χ4v) is 2.60. The van der Waals surface area contributed by atoms with Crippen LogP contribution in [0.3, 0.4) is 0 Å². The second-order valence-electron chi connectivity index (χ2n) is 5.07. The topological polar surface area (TPSA) is 54.9 Å². The first kappa shape index (κ1) is 13.3. The van der Waals surface area contributed by atoms with E-state index in [1.807, 2.05) is 0 Å². The number of rotatable bonds is 3. The van der Waals surface area contributed by atoms with E-state index in [9.17, 15) is 4.79 Å². The predicted molar refractivity (Wildman–Crippen MR) is 70.5 cm³/mol. The molecule has 1 saturated carbocycles. The van der Waals surface area contributed by atoms with Gasteiger partial charge in [-0.05, 0) is 24.7 Å². The van der Waals surface area contributed by atoms with Crippen molar-refractivity contribution in [1.29, 1.82) is 0 Å². The molecule has 98 valence electrons. The summed E-state index contributed by atoms with van der Waals surface area (Å²) in [6.07, 6.45) is 7.78. The highest BCUT2D eigenvalue weighted by molar-refractivity contribution is 6.29. The van der Waals surface area contributed by atoms with E-state index < -0.39 is 0 Å². The average molecular weight is 268 g/mol. The monoisotopic (exact) mass is 267 g/mol. The van der Waals surface area contributed by atoms with Crippen LogP contribution in [-0.2, 0) is 0 Å². The third-order valence-electron chi connectivity index (χ3n) is 3.45. The van der Waals surface area contributed by atoms with E-state index in [0.29, 0.717) is 16.8 Å². The van der Waals surface area contributed by atoms with Crippen molar-refractivity contribution in [2.75, 3.05) is 6.54 Å². The van der Waals surface area contributed by atoms with Gasteiger partial charge in [0.2, 0.25) is 0 Å².